The SMILES string of the molecule is CCN1C(=O)C(Sc2ccc(Cl)cc2)=C(c2ccc([N+](=O)[O-])cc2)C1=O. The molecule has 3 rings (SSSR count). The summed E-state index contributed by atoms with van der Waals surface area (Å²) >= 11 is 7.06. The molecule has 1 heterocycles. The van der Waals surface area contributed by atoms with Crippen LogP contribution in [0.3, 0.4) is 0 Å². The fourth-order valence-electron chi connectivity index (χ4n) is 2.56. The molecular weight excluding hydrogens is 376 g/mol. The molecule has 6 nitrogen and oxygen atoms in total. The Balaban J connectivity index is 2.06. The summed E-state index contributed by atoms with van der Waals surface area (Å²) in [5, 5.41) is 11.4. The number of carbonyl (C=O) groups excluding carboxylic acids is 2. The topological polar surface area (TPSA) is 80.5 Å². The maximum Gasteiger partial charge on any atom is 0.269 e. The Kier molecular flexibility index (Phi) is 5.11. The smallest absolute Gasteiger partial charge is 0.269 e. The summed E-state index contributed by atoms with van der Waals surface area (Å²) in [6.45, 7) is 1.97. The molecular formula is C18H13ClN2O4S. The van der Waals surface area contributed by atoms with Crippen LogP contribution in [0.15, 0.2) is 58.3 Å². The molecule has 0 aromatic heterocycles. The Hall–Kier alpha value is -2.64. The zero-order valence-electron chi connectivity index (χ0n) is 13.6. The van der Waals surface area contributed by atoms with Crippen molar-refractivity contribution in [2.45, 2.75) is 11.8 Å². The van der Waals surface area contributed by atoms with E-state index in [-0.39, 0.29) is 23.7 Å². The van der Waals surface area contributed by atoms with E-state index in [2.05, 4.69) is 0 Å². The van der Waals surface area contributed by atoms with Crippen molar-refractivity contribution >= 4 is 46.4 Å². The largest absolute Gasteiger partial charge is 0.274 e. The van der Waals surface area contributed by atoms with E-state index >= 15 is 0 Å². The number of carbonyl (C=O) groups is 2. The molecule has 2 aromatic rings. The van der Waals surface area contributed by atoms with Crippen molar-refractivity contribution < 1.29 is 14.5 Å². The van der Waals surface area contributed by atoms with Crippen molar-refractivity contribution in [1.82, 2.24) is 4.90 Å². The van der Waals surface area contributed by atoms with E-state index in [0.717, 1.165) is 9.80 Å². The molecule has 1 aliphatic heterocycles. The van der Waals surface area contributed by atoms with Crippen molar-refractivity contribution in [2.24, 2.45) is 0 Å². The number of imide groups is 1. The number of nitrogens with zero attached hydrogens (tertiary/aromatic N) is 2. The average molecular weight is 389 g/mol. The Labute approximate surface area is 158 Å². The number of halogens is 1. The molecule has 1 aliphatic rings. The third-order valence-corrected chi connectivity index (χ3v) is 5.18. The van der Waals surface area contributed by atoms with Crippen LogP contribution >= 0.6 is 23.4 Å². The van der Waals surface area contributed by atoms with E-state index in [4.69, 9.17) is 11.6 Å². The summed E-state index contributed by atoms with van der Waals surface area (Å²) < 4.78 is 0. The second-order valence-corrected chi connectivity index (χ2v) is 6.94. The lowest BCUT2D eigenvalue weighted by Gasteiger charge is -2.11. The first-order valence-electron chi connectivity index (χ1n) is 7.71. The van der Waals surface area contributed by atoms with Gasteiger partial charge in [0.2, 0.25) is 0 Å². The number of hydrogen-bond acceptors (Lipinski definition) is 5. The highest BCUT2D eigenvalue weighted by molar-refractivity contribution is 8.04. The van der Waals surface area contributed by atoms with Crippen LogP contribution < -0.4 is 0 Å². The first-order valence-corrected chi connectivity index (χ1v) is 8.90. The highest BCUT2D eigenvalue weighted by Crippen LogP contribution is 2.40. The van der Waals surface area contributed by atoms with Gasteiger partial charge in [0.25, 0.3) is 17.5 Å². The van der Waals surface area contributed by atoms with Gasteiger partial charge in [0.1, 0.15) is 0 Å². The van der Waals surface area contributed by atoms with E-state index in [1.54, 1.807) is 31.2 Å². The molecule has 0 atom stereocenters. The second kappa shape index (κ2) is 7.31. The first-order chi connectivity index (χ1) is 12.4. The van der Waals surface area contributed by atoms with Crippen LogP contribution in [0.25, 0.3) is 5.57 Å². The molecule has 0 N–H and O–H groups in total. The normalized spacial score (nSPS) is 14.3. The molecule has 2 aromatic carbocycles. The molecule has 2 amide bonds. The fraction of sp³-hybridized carbons (Fsp3) is 0.111. The van der Waals surface area contributed by atoms with E-state index < -0.39 is 10.8 Å². The van der Waals surface area contributed by atoms with Gasteiger partial charge in [-0.1, -0.05) is 23.4 Å². The predicted molar refractivity (Wildman–Crippen MR) is 99.7 cm³/mol. The molecule has 132 valence electrons. The minimum absolute atomic E-state index is 0.0784. The van der Waals surface area contributed by atoms with Gasteiger partial charge in [0, 0.05) is 28.6 Å². The number of nitro groups is 1. The Morgan fingerprint density at radius 1 is 1.04 bits per heavy atom. The number of thioether (sulfide) groups is 1. The lowest BCUT2D eigenvalue weighted by molar-refractivity contribution is -0.384. The van der Waals surface area contributed by atoms with E-state index in [1.807, 2.05) is 0 Å². The van der Waals surface area contributed by atoms with Gasteiger partial charge in [0.15, 0.2) is 0 Å². The van der Waals surface area contributed by atoms with Crippen LogP contribution in [-0.2, 0) is 9.59 Å². The van der Waals surface area contributed by atoms with Crippen LogP contribution in [0, 0.1) is 10.1 Å². The Morgan fingerprint density at radius 2 is 1.65 bits per heavy atom. The molecule has 0 aliphatic carbocycles. The van der Waals surface area contributed by atoms with E-state index in [1.165, 1.54) is 36.0 Å². The molecule has 8 heteroatoms. The fourth-order valence-corrected chi connectivity index (χ4v) is 3.70. The van der Waals surface area contributed by atoms with Gasteiger partial charge in [-0.2, -0.15) is 0 Å². The number of likely N-dealkylation sites (N-methyl/N-ethyl adjacent to an activating group) is 1. The molecule has 0 unspecified atom stereocenters. The van der Waals surface area contributed by atoms with Gasteiger partial charge in [-0.25, -0.2) is 0 Å². The number of amides is 2. The quantitative estimate of drug-likeness (QED) is 0.437. The van der Waals surface area contributed by atoms with E-state index in [0.29, 0.717) is 15.5 Å². The van der Waals surface area contributed by atoms with Crippen molar-refractivity contribution in [3.8, 4) is 0 Å². The minimum atomic E-state index is -0.512. The molecule has 0 saturated carbocycles. The number of nitro benzene ring substituents is 1. The summed E-state index contributed by atoms with van der Waals surface area (Å²) in [6, 6.07) is 12.5. The highest BCUT2D eigenvalue weighted by atomic mass is 35.5. The summed E-state index contributed by atoms with van der Waals surface area (Å²) in [6.07, 6.45) is 0. The van der Waals surface area contributed by atoms with Crippen LogP contribution in [0.4, 0.5) is 5.69 Å². The summed E-state index contributed by atoms with van der Waals surface area (Å²) in [7, 11) is 0. The van der Waals surface area contributed by atoms with Gasteiger partial charge in [-0.3, -0.25) is 24.6 Å². The zero-order chi connectivity index (χ0) is 18.8. The van der Waals surface area contributed by atoms with Crippen molar-refractivity contribution in [1.29, 1.82) is 0 Å². The highest BCUT2D eigenvalue weighted by Gasteiger charge is 2.38. The van der Waals surface area contributed by atoms with Gasteiger partial charge in [-0.05, 0) is 48.9 Å². The Morgan fingerprint density at radius 3 is 2.19 bits per heavy atom. The lowest BCUT2D eigenvalue weighted by atomic mass is 10.1. The zero-order valence-corrected chi connectivity index (χ0v) is 15.2. The molecule has 0 bridgehead atoms. The molecule has 0 spiro atoms. The standard InChI is InChI=1S/C18H13ClN2O4S/c1-2-20-17(22)15(11-3-7-13(8-4-11)21(24)25)16(18(20)23)26-14-9-5-12(19)6-10-14/h3-10H,2H2,1H3. The van der Waals surface area contributed by atoms with E-state index in [9.17, 15) is 19.7 Å². The van der Waals surface area contributed by atoms with Crippen LogP contribution in [0.2, 0.25) is 5.02 Å². The average Bonchev–Trinajstić information content (AvgIpc) is 2.86. The second-order valence-electron chi connectivity index (χ2n) is 5.42. The van der Waals surface area contributed by atoms with Crippen molar-refractivity contribution in [3.63, 3.8) is 0 Å². The lowest BCUT2D eigenvalue weighted by Crippen LogP contribution is -2.31. The Bertz CT molecular complexity index is 923. The number of non-ortho nitro benzene ring substituents is 1. The van der Waals surface area contributed by atoms with Crippen LogP contribution in [0.1, 0.15) is 12.5 Å². The van der Waals surface area contributed by atoms with Gasteiger partial charge >= 0.3 is 0 Å². The summed E-state index contributed by atoms with van der Waals surface area (Å²) in [4.78, 5) is 37.9. The number of rotatable bonds is 5. The molecule has 0 radical (unpaired) electrons. The first kappa shape index (κ1) is 18.2. The summed E-state index contributed by atoms with van der Waals surface area (Å²) in [5.41, 5.74) is 0.651. The molecule has 0 fully saturated rings. The van der Waals surface area contributed by atoms with Crippen molar-refractivity contribution in [2.75, 3.05) is 6.54 Å². The number of hydrogen-bond donors (Lipinski definition) is 0. The third-order valence-electron chi connectivity index (χ3n) is 3.84. The van der Waals surface area contributed by atoms with Crippen LogP contribution in [-0.4, -0.2) is 28.2 Å². The maximum atomic E-state index is 12.7. The molecule has 26 heavy (non-hydrogen) atoms. The van der Waals surface area contributed by atoms with Gasteiger partial charge < -0.3 is 0 Å². The maximum absolute atomic E-state index is 12.7. The van der Waals surface area contributed by atoms with Gasteiger partial charge in [0.05, 0.1) is 15.4 Å². The van der Waals surface area contributed by atoms with Gasteiger partial charge in [-0.15, -0.1) is 0 Å². The minimum Gasteiger partial charge on any atom is -0.274 e. The van der Waals surface area contributed by atoms with Crippen LogP contribution in [0.5, 0.6) is 0 Å². The number of benzene rings is 2. The van der Waals surface area contributed by atoms with Crippen molar-refractivity contribution in [3.05, 3.63) is 74.1 Å². The predicted octanol–water partition coefficient (Wildman–Crippen LogP) is 4.14. The molecule has 0 saturated heterocycles. The summed E-state index contributed by atoms with van der Waals surface area (Å²) in [5.74, 6) is -0.770. The third kappa shape index (κ3) is 3.36. The monoisotopic (exact) mass is 388 g/mol.